The third-order valence-corrected chi connectivity index (χ3v) is 6.84. The Kier molecular flexibility index (Phi) is 8.10. The molecule has 0 saturated heterocycles. The number of amides is 2. The van der Waals surface area contributed by atoms with Crippen molar-refractivity contribution in [3.63, 3.8) is 0 Å². The Morgan fingerprint density at radius 3 is 2.39 bits per heavy atom. The predicted octanol–water partition coefficient (Wildman–Crippen LogP) is 4.66. The van der Waals surface area contributed by atoms with E-state index in [1.54, 1.807) is 0 Å². The zero-order chi connectivity index (χ0) is 22.4. The molecule has 6 nitrogen and oxygen atoms in total. The summed E-state index contributed by atoms with van der Waals surface area (Å²) in [6, 6.07) is 8.26. The molecular weight excluding hydrogens is 388 g/mol. The summed E-state index contributed by atoms with van der Waals surface area (Å²) in [5.41, 5.74) is 1.79. The predicted molar refractivity (Wildman–Crippen MR) is 125 cm³/mol. The van der Waals surface area contributed by atoms with Gasteiger partial charge in [0, 0.05) is 18.0 Å². The molecule has 6 heteroatoms. The van der Waals surface area contributed by atoms with Gasteiger partial charge in [-0.1, -0.05) is 45.2 Å². The van der Waals surface area contributed by atoms with Crippen LogP contribution in [0.25, 0.3) is 11.0 Å². The number of fused-ring (bicyclic) bond motifs is 1. The molecule has 1 fully saturated rings. The van der Waals surface area contributed by atoms with Crippen molar-refractivity contribution in [3.05, 3.63) is 30.1 Å². The van der Waals surface area contributed by atoms with Crippen LogP contribution < -0.4 is 5.32 Å². The van der Waals surface area contributed by atoms with Crippen LogP contribution in [-0.4, -0.2) is 38.3 Å². The van der Waals surface area contributed by atoms with E-state index in [0.29, 0.717) is 6.54 Å². The molecule has 1 aliphatic rings. The number of nitrogens with one attached hydrogen (secondary N) is 1. The minimum absolute atomic E-state index is 0.103. The molecule has 31 heavy (non-hydrogen) atoms. The van der Waals surface area contributed by atoms with Gasteiger partial charge < -0.3 is 14.8 Å². The Labute approximate surface area is 186 Å². The van der Waals surface area contributed by atoms with Crippen LogP contribution in [0.3, 0.4) is 0 Å². The minimum Gasteiger partial charge on any atom is -0.349 e. The summed E-state index contributed by atoms with van der Waals surface area (Å²) in [6.45, 7) is 9.05. The standard InChI is InChI=1S/C25H38N4O2/c1-5-18(3)29(19(4)6-2)24(30)17-28-22-15-11-10-14-21(22)27-23(28)16-26-25(31)20-12-8-7-9-13-20/h10-11,14-15,18-20H,5-9,12-13,16-17H2,1-4H3,(H,26,31). The van der Waals surface area contributed by atoms with Crippen LogP contribution >= 0.6 is 0 Å². The zero-order valence-corrected chi connectivity index (χ0v) is 19.6. The van der Waals surface area contributed by atoms with Gasteiger partial charge in [-0.3, -0.25) is 9.59 Å². The molecule has 1 heterocycles. The highest BCUT2D eigenvalue weighted by molar-refractivity contribution is 5.82. The Morgan fingerprint density at radius 2 is 1.74 bits per heavy atom. The van der Waals surface area contributed by atoms with Gasteiger partial charge >= 0.3 is 0 Å². The second-order valence-electron chi connectivity index (χ2n) is 8.97. The SMILES string of the molecule is CCC(C)N(C(=O)Cn1c(CNC(=O)C2CCCCC2)nc2ccccc21)C(C)CC. The number of hydrogen-bond acceptors (Lipinski definition) is 3. The van der Waals surface area contributed by atoms with Gasteiger partial charge in [0.25, 0.3) is 0 Å². The van der Waals surface area contributed by atoms with Crippen molar-refractivity contribution in [3.8, 4) is 0 Å². The first-order valence-electron chi connectivity index (χ1n) is 12.0. The van der Waals surface area contributed by atoms with Crippen molar-refractivity contribution >= 4 is 22.8 Å². The first kappa shape index (κ1) is 23.3. The van der Waals surface area contributed by atoms with Crippen molar-refractivity contribution in [1.29, 1.82) is 0 Å². The van der Waals surface area contributed by atoms with Crippen molar-refractivity contribution in [2.45, 2.75) is 97.8 Å². The maximum Gasteiger partial charge on any atom is 0.243 e. The molecule has 1 aromatic heterocycles. The van der Waals surface area contributed by atoms with Gasteiger partial charge in [0.15, 0.2) is 0 Å². The highest BCUT2D eigenvalue weighted by atomic mass is 16.2. The van der Waals surface area contributed by atoms with Gasteiger partial charge in [-0.25, -0.2) is 4.98 Å². The topological polar surface area (TPSA) is 67.2 Å². The molecule has 2 amide bonds. The Bertz CT molecular complexity index is 875. The number of rotatable bonds is 9. The van der Waals surface area contributed by atoms with Crippen LogP contribution in [0.15, 0.2) is 24.3 Å². The monoisotopic (exact) mass is 426 g/mol. The number of aromatic nitrogens is 2. The molecule has 0 bridgehead atoms. The Balaban J connectivity index is 1.81. The highest BCUT2D eigenvalue weighted by Crippen LogP contribution is 2.24. The minimum atomic E-state index is 0.103. The van der Waals surface area contributed by atoms with E-state index < -0.39 is 0 Å². The lowest BCUT2D eigenvalue weighted by Crippen LogP contribution is -2.46. The number of carbonyl (C=O) groups excluding carboxylic acids is 2. The largest absolute Gasteiger partial charge is 0.349 e. The molecule has 170 valence electrons. The van der Waals surface area contributed by atoms with Crippen LogP contribution in [0.1, 0.15) is 78.5 Å². The third-order valence-electron chi connectivity index (χ3n) is 6.84. The molecule has 2 atom stereocenters. The maximum atomic E-state index is 13.4. The molecular formula is C25H38N4O2. The molecule has 1 aromatic carbocycles. The van der Waals surface area contributed by atoms with Crippen molar-refractivity contribution in [2.24, 2.45) is 5.92 Å². The van der Waals surface area contributed by atoms with E-state index in [2.05, 4.69) is 33.0 Å². The Hall–Kier alpha value is -2.37. The van der Waals surface area contributed by atoms with Crippen molar-refractivity contribution in [1.82, 2.24) is 19.8 Å². The summed E-state index contributed by atoms with van der Waals surface area (Å²) in [7, 11) is 0. The lowest BCUT2D eigenvalue weighted by Gasteiger charge is -2.34. The van der Waals surface area contributed by atoms with Gasteiger partial charge in [-0.2, -0.15) is 0 Å². The number of hydrogen-bond donors (Lipinski definition) is 1. The van der Waals surface area contributed by atoms with Crippen molar-refractivity contribution in [2.75, 3.05) is 0 Å². The zero-order valence-electron chi connectivity index (χ0n) is 19.6. The van der Waals surface area contributed by atoms with Crippen LogP contribution in [0, 0.1) is 5.92 Å². The van der Waals surface area contributed by atoms with Gasteiger partial charge in [0.2, 0.25) is 11.8 Å². The molecule has 1 aliphatic carbocycles. The van der Waals surface area contributed by atoms with Crippen LogP contribution in [-0.2, 0) is 22.7 Å². The molecule has 2 aromatic rings. The van der Waals surface area contributed by atoms with Gasteiger partial charge in [-0.15, -0.1) is 0 Å². The summed E-state index contributed by atoms with van der Waals surface area (Å²) < 4.78 is 1.98. The van der Waals surface area contributed by atoms with Crippen molar-refractivity contribution < 1.29 is 9.59 Å². The first-order chi connectivity index (χ1) is 15.0. The van der Waals surface area contributed by atoms with E-state index in [-0.39, 0.29) is 36.4 Å². The molecule has 0 aliphatic heterocycles. The van der Waals surface area contributed by atoms with Crippen LogP contribution in [0.2, 0.25) is 0 Å². The number of para-hydroxylation sites is 2. The average Bonchev–Trinajstić information content (AvgIpc) is 3.15. The van der Waals surface area contributed by atoms with Gasteiger partial charge in [0.1, 0.15) is 12.4 Å². The van der Waals surface area contributed by atoms with E-state index in [1.807, 2.05) is 33.7 Å². The van der Waals surface area contributed by atoms with E-state index >= 15 is 0 Å². The second kappa shape index (κ2) is 10.8. The number of benzene rings is 1. The van der Waals surface area contributed by atoms with Gasteiger partial charge in [0.05, 0.1) is 17.6 Å². The molecule has 2 unspecified atom stereocenters. The highest BCUT2D eigenvalue weighted by Gasteiger charge is 2.26. The molecule has 3 rings (SSSR count). The van der Waals surface area contributed by atoms with E-state index in [9.17, 15) is 9.59 Å². The Morgan fingerprint density at radius 1 is 1.10 bits per heavy atom. The van der Waals surface area contributed by atoms with E-state index in [4.69, 9.17) is 4.98 Å². The lowest BCUT2D eigenvalue weighted by molar-refractivity contribution is -0.136. The maximum absolute atomic E-state index is 13.4. The fourth-order valence-electron chi connectivity index (χ4n) is 4.65. The van der Waals surface area contributed by atoms with Gasteiger partial charge in [-0.05, 0) is 51.7 Å². The summed E-state index contributed by atoms with van der Waals surface area (Å²) in [5, 5.41) is 3.09. The average molecular weight is 427 g/mol. The summed E-state index contributed by atoms with van der Waals surface area (Å²) in [4.78, 5) is 32.8. The summed E-state index contributed by atoms with van der Waals surface area (Å²) in [6.07, 6.45) is 7.28. The first-order valence-corrected chi connectivity index (χ1v) is 12.0. The summed E-state index contributed by atoms with van der Waals surface area (Å²) >= 11 is 0. The van der Waals surface area contributed by atoms with E-state index in [1.165, 1.54) is 6.42 Å². The summed E-state index contributed by atoms with van der Waals surface area (Å²) in [5.74, 6) is 1.07. The lowest BCUT2D eigenvalue weighted by atomic mass is 9.89. The normalized spacial score (nSPS) is 16.8. The van der Waals surface area contributed by atoms with Crippen LogP contribution in [0.4, 0.5) is 0 Å². The molecule has 1 saturated carbocycles. The second-order valence-corrected chi connectivity index (χ2v) is 8.97. The fourth-order valence-corrected chi connectivity index (χ4v) is 4.65. The molecule has 0 spiro atoms. The number of carbonyl (C=O) groups is 2. The number of nitrogens with zero attached hydrogens (tertiary/aromatic N) is 3. The molecule has 0 radical (unpaired) electrons. The molecule has 1 N–H and O–H groups in total. The van der Waals surface area contributed by atoms with E-state index in [0.717, 1.165) is 55.4 Å². The quantitative estimate of drug-likeness (QED) is 0.634. The smallest absolute Gasteiger partial charge is 0.243 e. The number of imidazole rings is 1. The fraction of sp³-hybridized carbons (Fsp3) is 0.640. The van der Waals surface area contributed by atoms with Crippen LogP contribution in [0.5, 0.6) is 0 Å². The third kappa shape index (κ3) is 5.46.